The van der Waals surface area contributed by atoms with Crippen molar-refractivity contribution in [3.8, 4) is 5.75 Å². The monoisotopic (exact) mass is 232 g/mol. The average Bonchev–Trinajstić information content (AvgIpc) is 2.30. The van der Waals surface area contributed by atoms with E-state index in [0.717, 1.165) is 0 Å². The van der Waals surface area contributed by atoms with Crippen LogP contribution in [0.25, 0.3) is 0 Å². The fraction of sp³-hybridized carbons (Fsp3) is 0. The zero-order valence-electron chi connectivity index (χ0n) is 8.35. The van der Waals surface area contributed by atoms with Gasteiger partial charge in [0.2, 0.25) is 0 Å². The molecule has 0 aromatic heterocycles. The van der Waals surface area contributed by atoms with Gasteiger partial charge >= 0.3 is 0 Å². The molecule has 1 N–H and O–H groups in total. The third kappa shape index (κ3) is 1.92. The summed E-state index contributed by atoms with van der Waals surface area (Å²) in [5.74, 6) is -0.370. The molecule has 0 bridgehead atoms. The van der Waals surface area contributed by atoms with Gasteiger partial charge in [0, 0.05) is 5.56 Å². The number of rotatable bonds is 2. The quantitative estimate of drug-likeness (QED) is 0.807. The van der Waals surface area contributed by atoms with Gasteiger partial charge in [0.15, 0.2) is 5.78 Å². The van der Waals surface area contributed by atoms with Crippen molar-refractivity contribution in [2.75, 3.05) is 0 Å². The molecule has 0 saturated heterocycles. The predicted molar refractivity (Wildman–Crippen MR) is 63.0 cm³/mol. The number of phenolic OH excluding ortho intramolecular Hbond substituents is 1. The molecule has 0 amide bonds. The first-order chi connectivity index (χ1) is 7.70. The number of ketones is 1. The highest BCUT2D eigenvalue weighted by molar-refractivity contribution is 6.35. The molecule has 0 spiro atoms. The van der Waals surface area contributed by atoms with Crippen LogP contribution >= 0.6 is 11.6 Å². The van der Waals surface area contributed by atoms with Gasteiger partial charge in [0.05, 0.1) is 10.6 Å². The number of carbonyl (C=O) groups excluding carboxylic acids is 1. The highest BCUT2D eigenvalue weighted by Gasteiger charge is 2.16. The van der Waals surface area contributed by atoms with Crippen LogP contribution in [-0.2, 0) is 0 Å². The fourth-order valence-corrected chi connectivity index (χ4v) is 1.73. The van der Waals surface area contributed by atoms with Gasteiger partial charge < -0.3 is 5.11 Å². The molecule has 0 radical (unpaired) electrons. The van der Waals surface area contributed by atoms with E-state index in [4.69, 9.17) is 11.6 Å². The van der Waals surface area contributed by atoms with Crippen LogP contribution < -0.4 is 0 Å². The maximum atomic E-state index is 12.0. The minimum absolute atomic E-state index is 0.0960. The second kappa shape index (κ2) is 4.37. The van der Waals surface area contributed by atoms with Crippen LogP contribution in [0.1, 0.15) is 15.9 Å². The van der Waals surface area contributed by atoms with Crippen molar-refractivity contribution >= 4 is 17.4 Å². The summed E-state index contributed by atoms with van der Waals surface area (Å²) in [6.45, 7) is 0. The van der Waals surface area contributed by atoms with Gasteiger partial charge in [-0.1, -0.05) is 48.0 Å². The molecule has 3 heteroatoms. The van der Waals surface area contributed by atoms with E-state index >= 15 is 0 Å². The Bertz CT molecular complexity index is 500. The molecule has 2 nitrogen and oxygen atoms in total. The Labute approximate surface area is 98.1 Å². The molecule has 80 valence electrons. The first-order valence-electron chi connectivity index (χ1n) is 4.77. The summed E-state index contributed by atoms with van der Waals surface area (Å²) in [7, 11) is 0. The van der Waals surface area contributed by atoms with Gasteiger partial charge in [-0.15, -0.1) is 0 Å². The summed E-state index contributed by atoms with van der Waals surface area (Å²) in [6.07, 6.45) is 0. The second-order valence-corrected chi connectivity index (χ2v) is 3.74. The maximum absolute atomic E-state index is 12.0. The van der Waals surface area contributed by atoms with Gasteiger partial charge in [-0.25, -0.2) is 0 Å². The van der Waals surface area contributed by atoms with Crippen molar-refractivity contribution in [1.29, 1.82) is 0 Å². The van der Waals surface area contributed by atoms with Crippen LogP contribution in [0.5, 0.6) is 5.75 Å². The van der Waals surface area contributed by atoms with Gasteiger partial charge in [0.25, 0.3) is 0 Å². The number of benzene rings is 2. The number of hydrogen-bond acceptors (Lipinski definition) is 2. The van der Waals surface area contributed by atoms with E-state index in [1.54, 1.807) is 36.4 Å². The Kier molecular flexibility index (Phi) is 2.93. The van der Waals surface area contributed by atoms with Crippen LogP contribution in [0.2, 0.25) is 5.02 Å². The molecule has 2 aromatic carbocycles. The number of hydrogen-bond donors (Lipinski definition) is 1. The summed E-state index contributed by atoms with van der Waals surface area (Å²) >= 11 is 5.89. The molecule has 0 heterocycles. The van der Waals surface area contributed by atoms with Crippen LogP contribution in [0.15, 0.2) is 48.5 Å². The number of halogens is 1. The summed E-state index contributed by atoms with van der Waals surface area (Å²) in [4.78, 5) is 12.0. The smallest absolute Gasteiger partial charge is 0.198 e. The maximum Gasteiger partial charge on any atom is 0.198 e. The molecule has 0 aliphatic carbocycles. The molecule has 0 saturated carbocycles. The van der Waals surface area contributed by atoms with Gasteiger partial charge in [-0.2, -0.15) is 0 Å². The van der Waals surface area contributed by atoms with E-state index in [1.165, 1.54) is 6.07 Å². The third-order valence-electron chi connectivity index (χ3n) is 2.25. The van der Waals surface area contributed by atoms with Crippen molar-refractivity contribution in [3.05, 3.63) is 64.7 Å². The van der Waals surface area contributed by atoms with E-state index in [2.05, 4.69) is 0 Å². The van der Waals surface area contributed by atoms with Crippen molar-refractivity contribution in [2.24, 2.45) is 0 Å². The first kappa shape index (κ1) is 10.7. The summed E-state index contributed by atoms with van der Waals surface area (Å²) in [6, 6.07) is 13.3. The lowest BCUT2D eigenvalue weighted by molar-refractivity contribution is 0.103. The SMILES string of the molecule is O=C(c1ccccc1)c1c(O)cccc1Cl. The molecule has 0 fully saturated rings. The molecular formula is C13H9ClO2. The lowest BCUT2D eigenvalue weighted by atomic mass is 10.0. The van der Waals surface area contributed by atoms with Crippen LogP contribution in [0, 0.1) is 0 Å². The highest BCUT2D eigenvalue weighted by Crippen LogP contribution is 2.27. The topological polar surface area (TPSA) is 37.3 Å². The highest BCUT2D eigenvalue weighted by atomic mass is 35.5. The Morgan fingerprint density at radius 1 is 1.00 bits per heavy atom. The summed E-state index contributed by atoms with van der Waals surface area (Å²) in [5, 5.41) is 9.88. The molecule has 16 heavy (non-hydrogen) atoms. The molecule has 2 aromatic rings. The fourth-order valence-electron chi connectivity index (χ4n) is 1.47. The largest absolute Gasteiger partial charge is 0.507 e. The van der Waals surface area contributed by atoms with Crippen molar-refractivity contribution < 1.29 is 9.90 Å². The second-order valence-electron chi connectivity index (χ2n) is 3.33. The average molecular weight is 233 g/mol. The molecular weight excluding hydrogens is 224 g/mol. The lowest BCUT2D eigenvalue weighted by Gasteiger charge is -2.05. The summed E-state index contributed by atoms with van der Waals surface area (Å²) < 4.78 is 0. The molecule has 0 aliphatic rings. The Balaban J connectivity index is 2.50. The van der Waals surface area contributed by atoms with Crippen molar-refractivity contribution in [2.45, 2.75) is 0 Å². The zero-order valence-corrected chi connectivity index (χ0v) is 9.11. The van der Waals surface area contributed by atoms with Crippen molar-refractivity contribution in [1.82, 2.24) is 0 Å². The number of carbonyl (C=O) groups is 1. The van der Waals surface area contributed by atoms with Crippen molar-refractivity contribution in [3.63, 3.8) is 0 Å². The molecule has 0 unspecified atom stereocenters. The van der Waals surface area contributed by atoms with Crippen LogP contribution in [0.4, 0.5) is 0 Å². The molecule has 2 rings (SSSR count). The predicted octanol–water partition coefficient (Wildman–Crippen LogP) is 3.28. The normalized spacial score (nSPS) is 10.1. The standard InChI is InChI=1S/C13H9ClO2/c14-10-7-4-8-11(15)12(10)13(16)9-5-2-1-3-6-9/h1-8,15H. The first-order valence-corrected chi connectivity index (χ1v) is 5.15. The van der Waals surface area contributed by atoms with Gasteiger partial charge in [0.1, 0.15) is 5.75 Å². The Morgan fingerprint density at radius 2 is 1.69 bits per heavy atom. The van der Waals surface area contributed by atoms with E-state index < -0.39 is 0 Å². The van der Waals surface area contributed by atoms with E-state index in [-0.39, 0.29) is 22.1 Å². The Morgan fingerprint density at radius 3 is 2.31 bits per heavy atom. The van der Waals surface area contributed by atoms with E-state index in [9.17, 15) is 9.90 Å². The summed E-state index contributed by atoms with van der Waals surface area (Å²) in [5.41, 5.74) is 0.654. The van der Waals surface area contributed by atoms with Gasteiger partial charge in [-0.05, 0) is 12.1 Å². The molecule has 0 aliphatic heterocycles. The third-order valence-corrected chi connectivity index (χ3v) is 2.57. The minimum atomic E-state index is -0.274. The Hall–Kier alpha value is -1.80. The zero-order chi connectivity index (χ0) is 11.5. The molecule has 0 atom stereocenters. The number of phenols is 1. The van der Waals surface area contributed by atoms with Crippen LogP contribution in [0.3, 0.4) is 0 Å². The minimum Gasteiger partial charge on any atom is -0.507 e. The van der Waals surface area contributed by atoms with E-state index in [0.29, 0.717) is 5.56 Å². The van der Waals surface area contributed by atoms with E-state index in [1.807, 2.05) is 6.07 Å². The van der Waals surface area contributed by atoms with Crippen LogP contribution in [-0.4, -0.2) is 10.9 Å². The number of aromatic hydroxyl groups is 1. The lowest BCUT2D eigenvalue weighted by Crippen LogP contribution is -2.02. The van der Waals surface area contributed by atoms with Gasteiger partial charge in [-0.3, -0.25) is 4.79 Å².